The maximum Gasteiger partial charge on any atom is 0.233 e. The number of imide groups is 1. The van der Waals surface area contributed by atoms with Gasteiger partial charge in [0, 0.05) is 35.2 Å². The quantitative estimate of drug-likeness (QED) is 0.345. The third-order valence-corrected chi connectivity index (χ3v) is 8.28. The zero-order valence-electron chi connectivity index (χ0n) is 19.4. The smallest absolute Gasteiger partial charge is 0.233 e. The highest BCUT2D eigenvalue weighted by molar-refractivity contribution is 9.12. The van der Waals surface area contributed by atoms with Gasteiger partial charge in [-0.05, 0) is 53.1 Å². The number of nitrogens with zero attached hydrogens (tertiary/aromatic N) is 1. The molecule has 1 saturated heterocycles. The number of aromatic hydroxyl groups is 1. The first kappa shape index (κ1) is 23.7. The summed E-state index contributed by atoms with van der Waals surface area (Å²) in [5.74, 6) is -2.95. The van der Waals surface area contributed by atoms with E-state index in [0.717, 1.165) is 5.57 Å². The van der Waals surface area contributed by atoms with Crippen LogP contribution < -0.4 is 0 Å². The molecule has 0 aromatic heterocycles. The molecule has 0 spiro atoms. The van der Waals surface area contributed by atoms with E-state index in [1.165, 1.54) is 11.0 Å². The minimum absolute atomic E-state index is 0.0585. The molecule has 1 aromatic rings. The molecule has 4 aliphatic rings. The fourth-order valence-corrected chi connectivity index (χ4v) is 6.68. The number of likely N-dealkylation sites (tertiary alicyclic amines) is 1. The highest BCUT2D eigenvalue weighted by Gasteiger charge is 2.56. The molecule has 0 radical (unpaired) electrons. The number of Topliss-reactive ketones (excluding diaryl/α,β-unsaturated/α-hetero) is 1. The monoisotopic (exact) mass is 535 g/mol. The van der Waals surface area contributed by atoms with Crippen molar-refractivity contribution in [1.29, 1.82) is 0 Å². The lowest BCUT2D eigenvalue weighted by molar-refractivity contribution is -0.140. The van der Waals surface area contributed by atoms with E-state index < -0.39 is 23.7 Å². The molecule has 0 bridgehead atoms. The van der Waals surface area contributed by atoms with Gasteiger partial charge in [-0.1, -0.05) is 42.8 Å². The largest absolute Gasteiger partial charge is 0.507 e. The predicted octanol–water partition coefficient (Wildman–Crippen LogP) is 4.29. The first-order chi connectivity index (χ1) is 16.8. The first-order valence-electron chi connectivity index (χ1n) is 12.0. The van der Waals surface area contributed by atoms with E-state index in [1.807, 2.05) is 19.1 Å². The topological polar surface area (TPSA) is 91.8 Å². The van der Waals surface area contributed by atoms with Gasteiger partial charge in [-0.2, -0.15) is 0 Å². The highest BCUT2D eigenvalue weighted by Crippen LogP contribution is 2.56. The summed E-state index contributed by atoms with van der Waals surface area (Å²) in [6, 6.07) is 5.38. The fourth-order valence-electron chi connectivity index (χ4n) is 6.24. The molecular formula is C28H26BrNO5. The molecule has 2 amide bonds. The molecule has 0 saturated carbocycles. The summed E-state index contributed by atoms with van der Waals surface area (Å²) in [7, 11) is 0. The van der Waals surface area contributed by atoms with Crippen molar-refractivity contribution in [3.8, 4) is 5.75 Å². The van der Waals surface area contributed by atoms with E-state index >= 15 is 0 Å². The minimum Gasteiger partial charge on any atom is -0.507 e. The van der Waals surface area contributed by atoms with Gasteiger partial charge in [0.1, 0.15) is 5.75 Å². The van der Waals surface area contributed by atoms with Crippen LogP contribution in [0, 0.1) is 17.8 Å². The van der Waals surface area contributed by atoms with Crippen LogP contribution in [0.3, 0.4) is 0 Å². The Morgan fingerprint density at radius 2 is 1.94 bits per heavy atom. The Labute approximate surface area is 212 Å². The van der Waals surface area contributed by atoms with Crippen LogP contribution in [0.4, 0.5) is 0 Å². The number of rotatable bonds is 5. The van der Waals surface area contributed by atoms with E-state index in [9.17, 15) is 24.3 Å². The molecule has 1 heterocycles. The average Bonchev–Trinajstić information content (AvgIpc) is 3.08. The zero-order chi connectivity index (χ0) is 25.0. The summed E-state index contributed by atoms with van der Waals surface area (Å²) >= 11 is 3.23. The molecule has 5 rings (SSSR count). The van der Waals surface area contributed by atoms with Gasteiger partial charge in [0.25, 0.3) is 0 Å². The Morgan fingerprint density at radius 3 is 2.66 bits per heavy atom. The number of ketones is 2. The van der Waals surface area contributed by atoms with Crippen LogP contribution in [0.1, 0.15) is 43.2 Å². The molecule has 1 fully saturated rings. The molecule has 1 aromatic carbocycles. The maximum absolute atomic E-state index is 13.4. The van der Waals surface area contributed by atoms with E-state index in [0.29, 0.717) is 48.1 Å². The van der Waals surface area contributed by atoms with E-state index in [2.05, 4.69) is 22.5 Å². The molecule has 6 nitrogen and oxygen atoms in total. The molecule has 4 unspecified atom stereocenters. The highest BCUT2D eigenvalue weighted by atomic mass is 79.9. The van der Waals surface area contributed by atoms with Gasteiger partial charge in [-0.25, -0.2) is 0 Å². The van der Waals surface area contributed by atoms with Gasteiger partial charge in [-0.3, -0.25) is 24.1 Å². The molecule has 1 N–H and O–H groups in total. The lowest BCUT2D eigenvalue weighted by atomic mass is 9.59. The average molecular weight is 536 g/mol. The van der Waals surface area contributed by atoms with Crippen molar-refractivity contribution in [1.82, 2.24) is 4.90 Å². The Kier molecular flexibility index (Phi) is 5.99. The van der Waals surface area contributed by atoms with E-state index in [4.69, 9.17) is 0 Å². The number of fused-ring (bicyclic) bond motifs is 3. The number of hydrogen-bond donors (Lipinski definition) is 1. The van der Waals surface area contributed by atoms with Crippen molar-refractivity contribution < 1.29 is 24.3 Å². The van der Waals surface area contributed by atoms with Crippen molar-refractivity contribution in [3.63, 3.8) is 0 Å². The molecule has 3 aliphatic carbocycles. The number of allylic oxidation sites excluding steroid dienone is 7. The van der Waals surface area contributed by atoms with Crippen LogP contribution in [-0.2, 0) is 25.6 Å². The number of carbonyl (C=O) groups excluding carboxylic acids is 4. The Hall–Kier alpha value is -3.06. The van der Waals surface area contributed by atoms with Gasteiger partial charge in [0.15, 0.2) is 11.6 Å². The third kappa shape index (κ3) is 3.51. The number of carbonyl (C=O) groups is 4. The number of phenols is 1. The standard InChI is InChI=1S/C28H26BrNO5/c1-3-6-14-7-5-8-16(25(14)32)22-15-9-10-17-23(28(35)30(11-4-2)27(17)34)18(15)12-19-24(22)21(31)13-20(29)26(19)33/h3,5,7-9,13,17-18,22-23,32H,1,4,6,10-12H2,2H3. The molecule has 1 aliphatic heterocycles. The Morgan fingerprint density at radius 1 is 1.17 bits per heavy atom. The van der Waals surface area contributed by atoms with Crippen LogP contribution in [-0.4, -0.2) is 39.9 Å². The van der Waals surface area contributed by atoms with E-state index in [1.54, 1.807) is 18.2 Å². The summed E-state index contributed by atoms with van der Waals surface area (Å²) in [6.07, 6.45) is 6.69. The van der Waals surface area contributed by atoms with Gasteiger partial charge < -0.3 is 5.11 Å². The summed E-state index contributed by atoms with van der Waals surface area (Å²) in [6.45, 7) is 6.06. The normalized spacial score (nSPS) is 27.9. The fraction of sp³-hybridized carbons (Fsp3) is 0.357. The second-order valence-electron chi connectivity index (χ2n) is 9.57. The number of hydrogen-bond acceptors (Lipinski definition) is 5. The summed E-state index contributed by atoms with van der Waals surface area (Å²) in [5, 5.41) is 11.2. The SMILES string of the molecule is C=CCc1cccc(C2C3=CCC4C(=O)N(CCC)C(=O)C4C3CC3=C2C(=O)C=C(Br)C3=O)c1O. The van der Waals surface area contributed by atoms with Crippen molar-refractivity contribution in [3.05, 3.63) is 75.3 Å². The van der Waals surface area contributed by atoms with Crippen molar-refractivity contribution in [2.24, 2.45) is 17.8 Å². The molecule has 180 valence electrons. The second kappa shape index (κ2) is 8.86. The van der Waals surface area contributed by atoms with Crippen molar-refractivity contribution in [2.45, 2.75) is 38.5 Å². The Balaban J connectivity index is 1.70. The molecular weight excluding hydrogens is 510 g/mol. The lowest BCUT2D eigenvalue weighted by Crippen LogP contribution is -2.39. The first-order valence-corrected chi connectivity index (χ1v) is 12.7. The summed E-state index contributed by atoms with van der Waals surface area (Å²) < 4.78 is 0.186. The third-order valence-electron chi connectivity index (χ3n) is 7.70. The van der Waals surface area contributed by atoms with Crippen molar-refractivity contribution >= 4 is 39.3 Å². The van der Waals surface area contributed by atoms with Crippen LogP contribution in [0.15, 0.2) is 64.2 Å². The van der Waals surface area contributed by atoms with Gasteiger partial charge in [0.05, 0.1) is 16.3 Å². The summed E-state index contributed by atoms with van der Waals surface area (Å²) in [4.78, 5) is 54.4. The van der Waals surface area contributed by atoms with Crippen molar-refractivity contribution in [2.75, 3.05) is 6.54 Å². The lowest BCUT2D eigenvalue weighted by Gasteiger charge is -2.42. The number of halogens is 1. The van der Waals surface area contributed by atoms with Crippen LogP contribution in [0.25, 0.3) is 0 Å². The second-order valence-corrected chi connectivity index (χ2v) is 10.4. The van der Waals surface area contributed by atoms with Gasteiger partial charge in [-0.15, -0.1) is 6.58 Å². The minimum atomic E-state index is -0.661. The molecule has 35 heavy (non-hydrogen) atoms. The predicted molar refractivity (Wildman–Crippen MR) is 134 cm³/mol. The van der Waals surface area contributed by atoms with Crippen LogP contribution >= 0.6 is 15.9 Å². The van der Waals surface area contributed by atoms with E-state index in [-0.39, 0.29) is 40.0 Å². The Bertz CT molecular complexity index is 1290. The van der Waals surface area contributed by atoms with Crippen LogP contribution in [0.5, 0.6) is 5.75 Å². The maximum atomic E-state index is 13.4. The zero-order valence-corrected chi connectivity index (χ0v) is 21.0. The number of benzene rings is 1. The van der Waals surface area contributed by atoms with Crippen LogP contribution in [0.2, 0.25) is 0 Å². The summed E-state index contributed by atoms with van der Waals surface area (Å²) in [5.41, 5.74) is 2.75. The number of para-hydroxylation sites is 1. The number of amides is 2. The molecule has 7 heteroatoms. The number of phenolic OH excluding ortho intramolecular Hbond substituents is 1. The molecule has 4 atom stereocenters. The van der Waals surface area contributed by atoms with Gasteiger partial charge >= 0.3 is 0 Å². The van der Waals surface area contributed by atoms with Gasteiger partial charge in [0.2, 0.25) is 11.8 Å².